The highest BCUT2D eigenvalue weighted by Crippen LogP contribution is 2.45. The molecule has 0 amide bonds. The first-order valence-electron chi connectivity index (χ1n) is 6.23. The number of H-pyrrole nitrogens is 1. The molecule has 18 heavy (non-hydrogen) atoms. The molecule has 0 aromatic carbocycles. The van der Waals surface area contributed by atoms with Crippen molar-refractivity contribution in [2.45, 2.75) is 39.2 Å². The van der Waals surface area contributed by atoms with Crippen molar-refractivity contribution in [1.29, 1.82) is 0 Å². The first-order valence-corrected chi connectivity index (χ1v) is 7.51. The van der Waals surface area contributed by atoms with Crippen LogP contribution in [-0.2, 0) is 0 Å². The normalized spacial score (nSPS) is 22.7. The predicted molar refractivity (Wildman–Crippen MR) is 77.9 cm³/mol. The van der Waals surface area contributed by atoms with E-state index in [1.165, 1.54) is 17.8 Å². The Kier molecular flexibility index (Phi) is 2.71. The summed E-state index contributed by atoms with van der Waals surface area (Å²) in [6, 6.07) is 2.10. The van der Waals surface area contributed by atoms with Crippen molar-refractivity contribution in [2.24, 2.45) is 5.41 Å². The number of aromatic nitrogens is 2. The topological polar surface area (TPSA) is 37.8 Å². The Morgan fingerprint density at radius 2 is 2.33 bits per heavy atom. The second-order valence-corrected chi connectivity index (χ2v) is 6.97. The van der Waals surface area contributed by atoms with E-state index in [2.05, 4.69) is 18.8 Å². The van der Waals surface area contributed by atoms with Gasteiger partial charge in [0.05, 0.1) is 5.39 Å². The molecule has 2 aromatic heterocycles. The molecule has 1 atom stereocenters. The van der Waals surface area contributed by atoms with Crippen LogP contribution in [0.4, 0.5) is 0 Å². The van der Waals surface area contributed by atoms with E-state index >= 15 is 0 Å². The summed E-state index contributed by atoms with van der Waals surface area (Å²) in [6.45, 7) is 4.45. The Hall–Kier alpha value is -0.940. The number of nitrogens with one attached hydrogen (secondary N) is 1. The predicted octanol–water partition coefficient (Wildman–Crippen LogP) is 3.87. The van der Waals surface area contributed by atoms with Crippen LogP contribution in [0, 0.1) is 10.2 Å². The van der Waals surface area contributed by atoms with E-state index < -0.39 is 0 Å². The molecule has 0 spiro atoms. The smallest absolute Gasteiger partial charge is 0.263 e. The van der Waals surface area contributed by atoms with Crippen LogP contribution < -0.4 is 5.56 Å². The van der Waals surface area contributed by atoms with Crippen molar-refractivity contribution >= 4 is 33.8 Å². The van der Waals surface area contributed by atoms with Gasteiger partial charge in [0, 0.05) is 6.04 Å². The second-order valence-electron chi connectivity index (χ2n) is 5.67. The molecule has 3 rings (SSSR count). The molecule has 1 fully saturated rings. The summed E-state index contributed by atoms with van der Waals surface area (Å²) in [4.78, 5) is 16.6. The van der Waals surface area contributed by atoms with Crippen LogP contribution in [0.5, 0.6) is 0 Å². The third-order valence-electron chi connectivity index (χ3n) is 4.07. The molecule has 1 N–H and O–H groups in total. The highest BCUT2D eigenvalue weighted by Gasteiger charge is 2.37. The van der Waals surface area contributed by atoms with E-state index in [9.17, 15) is 4.79 Å². The van der Waals surface area contributed by atoms with Gasteiger partial charge in [0.1, 0.15) is 4.83 Å². The first-order chi connectivity index (χ1) is 8.50. The lowest BCUT2D eigenvalue weighted by Gasteiger charge is -2.28. The molecule has 0 aliphatic heterocycles. The summed E-state index contributed by atoms with van der Waals surface area (Å²) in [5, 5.41) is 2.69. The fourth-order valence-corrected chi connectivity index (χ4v) is 4.18. The molecular formula is C13H16N2OS2. The van der Waals surface area contributed by atoms with Gasteiger partial charge >= 0.3 is 0 Å². The first kappa shape index (κ1) is 12.1. The quantitative estimate of drug-likeness (QED) is 0.805. The monoisotopic (exact) mass is 280 g/mol. The molecule has 1 saturated carbocycles. The maximum Gasteiger partial charge on any atom is 0.263 e. The third-order valence-corrected chi connectivity index (χ3v) is 5.19. The van der Waals surface area contributed by atoms with Gasteiger partial charge in [-0.2, -0.15) is 0 Å². The number of hydrogen-bond donors (Lipinski definition) is 1. The number of thiophene rings is 1. The Morgan fingerprint density at radius 3 is 3.00 bits per heavy atom. The number of aromatic amines is 1. The van der Waals surface area contributed by atoms with Crippen molar-refractivity contribution in [3.63, 3.8) is 0 Å². The Labute approximate surface area is 114 Å². The molecule has 0 radical (unpaired) electrons. The summed E-state index contributed by atoms with van der Waals surface area (Å²) in [5.74, 6) is 0. The van der Waals surface area contributed by atoms with Gasteiger partial charge in [0.15, 0.2) is 4.77 Å². The number of rotatable bonds is 1. The van der Waals surface area contributed by atoms with Crippen LogP contribution in [0.1, 0.15) is 39.2 Å². The lowest BCUT2D eigenvalue weighted by Crippen LogP contribution is -2.32. The average molecular weight is 280 g/mol. The zero-order chi connectivity index (χ0) is 12.9. The van der Waals surface area contributed by atoms with Crippen molar-refractivity contribution in [3.05, 3.63) is 26.6 Å². The SMILES string of the molecule is CC1(C)CCCC1n1c(=S)[nH]c2sccc2c1=O. The third kappa shape index (κ3) is 1.68. The fraction of sp³-hybridized carbons (Fsp3) is 0.538. The van der Waals surface area contributed by atoms with E-state index in [-0.39, 0.29) is 17.0 Å². The van der Waals surface area contributed by atoms with Crippen LogP contribution in [0.3, 0.4) is 0 Å². The molecule has 5 heteroatoms. The summed E-state index contributed by atoms with van der Waals surface area (Å²) in [5.41, 5.74) is 0.213. The highest BCUT2D eigenvalue weighted by molar-refractivity contribution is 7.71. The molecule has 2 aromatic rings. The van der Waals surface area contributed by atoms with E-state index in [0.717, 1.165) is 23.1 Å². The molecule has 1 unspecified atom stereocenters. The zero-order valence-electron chi connectivity index (χ0n) is 10.5. The fourth-order valence-electron chi connectivity index (χ4n) is 3.02. The van der Waals surface area contributed by atoms with Crippen molar-refractivity contribution in [3.8, 4) is 0 Å². The Bertz CT molecular complexity index is 708. The van der Waals surface area contributed by atoms with Gasteiger partial charge in [0.25, 0.3) is 5.56 Å². The summed E-state index contributed by atoms with van der Waals surface area (Å²) < 4.78 is 2.37. The van der Waals surface area contributed by atoms with Gasteiger partial charge in [-0.25, -0.2) is 0 Å². The standard InChI is InChI=1S/C13H16N2OS2/c1-13(2)6-3-4-9(13)15-11(16)8-5-7-18-10(8)14-12(15)17/h5,7,9H,3-4,6H2,1-2H3,(H,14,17). The van der Waals surface area contributed by atoms with E-state index in [4.69, 9.17) is 12.2 Å². The van der Waals surface area contributed by atoms with Gasteiger partial charge in [0.2, 0.25) is 0 Å². The van der Waals surface area contributed by atoms with Crippen molar-refractivity contribution in [2.75, 3.05) is 0 Å². The van der Waals surface area contributed by atoms with Crippen molar-refractivity contribution < 1.29 is 0 Å². The summed E-state index contributed by atoms with van der Waals surface area (Å²) in [7, 11) is 0. The molecule has 0 saturated heterocycles. The number of hydrogen-bond acceptors (Lipinski definition) is 3. The lowest BCUT2D eigenvalue weighted by molar-refractivity contribution is 0.253. The molecular weight excluding hydrogens is 264 g/mol. The molecule has 96 valence electrons. The van der Waals surface area contributed by atoms with Gasteiger partial charge < -0.3 is 4.98 Å². The van der Waals surface area contributed by atoms with Crippen LogP contribution in [0.15, 0.2) is 16.2 Å². The minimum atomic E-state index is 0.0648. The van der Waals surface area contributed by atoms with Gasteiger partial charge in [-0.3, -0.25) is 9.36 Å². The maximum atomic E-state index is 12.6. The van der Waals surface area contributed by atoms with Gasteiger partial charge in [-0.1, -0.05) is 20.3 Å². The van der Waals surface area contributed by atoms with Gasteiger partial charge in [-0.15, -0.1) is 11.3 Å². The molecule has 1 aliphatic rings. The molecule has 2 heterocycles. The van der Waals surface area contributed by atoms with E-state index in [1.54, 1.807) is 4.57 Å². The maximum absolute atomic E-state index is 12.6. The van der Waals surface area contributed by atoms with E-state index in [0.29, 0.717) is 4.77 Å². The minimum Gasteiger partial charge on any atom is -0.323 e. The van der Waals surface area contributed by atoms with E-state index in [1.807, 2.05) is 11.4 Å². The van der Waals surface area contributed by atoms with Crippen LogP contribution in [0.2, 0.25) is 0 Å². The largest absolute Gasteiger partial charge is 0.323 e. The molecule has 0 bridgehead atoms. The van der Waals surface area contributed by atoms with Crippen LogP contribution >= 0.6 is 23.6 Å². The minimum absolute atomic E-state index is 0.0648. The number of nitrogens with zero attached hydrogens (tertiary/aromatic N) is 1. The molecule has 3 nitrogen and oxygen atoms in total. The van der Waals surface area contributed by atoms with Gasteiger partial charge in [-0.05, 0) is 41.9 Å². The van der Waals surface area contributed by atoms with Crippen LogP contribution in [0.25, 0.3) is 10.2 Å². The van der Waals surface area contributed by atoms with Crippen molar-refractivity contribution in [1.82, 2.24) is 9.55 Å². The Morgan fingerprint density at radius 1 is 1.56 bits per heavy atom. The van der Waals surface area contributed by atoms with Crippen LogP contribution in [-0.4, -0.2) is 9.55 Å². The number of fused-ring (bicyclic) bond motifs is 1. The summed E-state index contributed by atoms with van der Waals surface area (Å²) >= 11 is 6.92. The second kappa shape index (κ2) is 4.03. The Balaban J connectivity index is 2.29. The zero-order valence-corrected chi connectivity index (χ0v) is 12.2. The lowest BCUT2D eigenvalue weighted by atomic mass is 9.87. The average Bonchev–Trinajstić information content (AvgIpc) is 2.86. The molecule has 1 aliphatic carbocycles. The summed E-state index contributed by atoms with van der Waals surface area (Å²) in [6.07, 6.45) is 3.36. The highest BCUT2D eigenvalue weighted by atomic mass is 32.1.